The third-order valence-electron chi connectivity index (χ3n) is 4.68. The van der Waals surface area contributed by atoms with Gasteiger partial charge in [-0.25, -0.2) is 0 Å². The maximum atomic E-state index is 13.2. The third kappa shape index (κ3) is 5.37. The second kappa shape index (κ2) is 10.5. The van der Waals surface area contributed by atoms with Gasteiger partial charge in [0, 0.05) is 10.0 Å². The number of thioether (sulfide) groups is 1. The van der Waals surface area contributed by atoms with Gasteiger partial charge >= 0.3 is 0 Å². The van der Waals surface area contributed by atoms with Crippen molar-refractivity contribution in [2.75, 3.05) is 7.11 Å². The Bertz CT molecular complexity index is 1320. The molecule has 34 heavy (non-hydrogen) atoms. The predicted molar refractivity (Wildman–Crippen MR) is 138 cm³/mol. The van der Waals surface area contributed by atoms with Gasteiger partial charge in [-0.2, -0.15) is 5.10 Å². The van der Waals surface area contributed by atoms with Crippen molar-refractivity contribution in [3.63, 3.8) is 0 Å². The molecule has 0 bridgehead atoms. The molecule has 1 aliphatic heterocycles. The van der Waals surface area contributed by atoms with E-state index >= 15 is 0 Å². The van der Waals surface area contributed by atoms with Crippen molar-refractivity contribution >= 4 is 67.0 Å². The summed E-state index contributed by atoms with van der Waals surface area (Å²) >= 11 is 7.81. The lowest BCUT2D eigenvalue weighted by molar-refractivity contribution is -0.122. The fourth-order valence-corrected chi connectivity index (χ4v) is 5.23. The molecule has 1 aliphatic rings. The quantitative estimate of drug-likeness (QED) is 0.211. The third-order valence-corrected chi connectivity index (χ3v) is 6.74. The summed E-state index contributed by atoms with van der Waals surface area (Å²) in [5, 5.41) is 28.7. The standard InChI is InChI=1S/C23H17Br2N3O5S/c1-32-19-7-13(4-5-18(19)29)8-20-22(31)28(12-16-3-2-6-33-16)23(34-20)27-26-11-14-9-15(24)10-17(25)21(14)30/h2-11,29-30H,12H2,1H3/b20-8-,26-11-,27-23+. The molecule has 0 saturated carbocycles. The maximum Gasteiger partial charge on any atom is 0.267 e. The normalized spacial score (nSPS) is 16.3. The molecule has 0 aliphatic carbocycles. The highest BCUT2D eigenvalue weighted by molar-refractivity contribution is 9.11. The summed E-state index contributed by atoms with van der Waals surface area (Å²) < 4.78 is 11.8. The Balaban J connectivity index is 1.66. The zero-order chi connectivity index (χ0) is 24.2. The molecule has 1 saturated heterocycles. The fourth-order valence-electron chi connectivity index (χ4n) is 3.04. The number of aromatic hydroxyl groups is 2. The molecule has 174 valence electrons. The number of halogens is 2. The zero-order valence-electron chi connectivity index (χ0n) is 17.6. The van der Waals surface area contributed by atoms with Crippen LogP contribution in [-0.2, 0) is 11.3 Å². The minimum atomic E-state index is -0.268. The van der Waals surface area contributed by atoms with Gasteiger partial charge in [-0.15, -0.1) is 5.10 Å². The van der Waals surface area contributed by atoms with Crippen LogP contribution in [-0.4, -0.2) is 39.5 Å². The summed E-state index contributed by atoms with van der Waals surface area (Å²) in [7, 11) is 1.46. The maximum absolute atomic E-state index is 13.2. The molecule has 11 heteroatoms. The number of furan rings is 1. The van der Waals surface area contributed by atoms with Crippen LogP contribution >= 0.6 is 43.6 Å². The summed E-state index contributed by atoms with van der Waals surface area (Å²) in [5.74, 6) is 0.656. The lowest BCUT2D eigenvalue weighted by Crippen LogP contribution is -2.28. The second-order valence-corrected chi connectivity index (χ2v) is 9.74. The molecule has 2 heterocycles. The largest absolute Gasteiger partial charge is 0.506 e. The lowest BCUT2D eigenvalue weighted by Gasteiger charge is -2.12. The van der Waals surface area contributed by atoms with Crippen LogP contribution in [0.25, 0.3) is 6.08 Å². The first-order chi connectivity index (χ1) is 16.4. The summed E-state index contributed by atoms with van der Waals surface area (Å²) in [5.41, 5.74) is 1.13. The first kappa shape index (κ1) is 24.1. The van der Waals surface area contributed by atoms with E-state index in [0.717, 1.165) is 16.2 Å². The Morgan fingerprint density at radius 1 is 1.21 bits per heavy atom. The topological polar surface area (TPSA) is 108 Å². The Hall–Kier alpha value is -3.02. The average molecular weight is 607 g/mol. The second-order valence-electron chi connectivity index (χ2n) is 6.97. The number of amidine groups is 1. The molecule has 1 aromatic heterocycles. The average Bonchev–Trinajstić information content (AvgIpc) is 3.42. The number of carbonyl (C=O) groups excluding carboxylic acids is 1. The van der Waals surface area contributed by atoms with Crippen LogP contribution in [0.4, 0.5) is 0 Å². The fraction of sp³-hybridized carbons (Fsp3) is 0.0870. The Morgan fingerprint density at radius 2 is 2.03 bits per heavy atom. The van der Waals surface area contributed by atoms with E-state index in [0.29, 0.717) is 37.2 Å². The van der Waals surface area contributed by atoms with Crippen molar-refractivity contribution in [3.05, 3.63) is 79.5 Å². The highest BCUT2D eigenvalue weighted by Crippen LogP contribution is 2.36. The van der Waals surface area contributed by atoms with Crippen molar-refractivity contribution in [1.29, 1.82) is 0 Å². The number of methoxy groups -OCH3 is 1. The summed E-state index contributed by atoms with van der Waals surface area (Å²) in [4.78, 5) is 15.1. The van der Waals surface area contributed by atoms with Crippen molar-refractivity contribution < 1.29 is 24.2 Å². The van der Waals surface area contributed by atoms with Gasteiger partial charge in [-0.3, -0.25) is 9.69 Å². The van der Waals surface area contributed by atoms with Crippen LogP contribution in [0.15, 0.2) is 77.2 Å². The monoisotopic (exact) mass is 605 g/mol. The summed E-state index contributed by atoms with van der Waals surface area (Å²) in [6.07, 6.45) is 4.62. The van der Waals surface area contributed by atoms with Crippen molar-refractivity contribution in [3.8, 4) is 17.2 Å². The van der Waals surface area contributed by atoms with E-state index in [1.165, 1.54) is 30.6 Å². The predicted octanol–water partition coefficient (Wildman–Crippen LogP) is 5.73. The first-order valence-corrected chi connectivity index (χ1v) is 12.2. The van der Waals surface area contributed by atoms with E-state index < -0.39 is 0 Å². The molecule has 2 N–H and O–H groups in total. The number of amides is 1. The zero-order valence-corrected chi connectivity index (χ0v) is 21.6. The van der Waals surface area contributed by atoms with Crippen molar-refractivity contribution in [2.24, 2.45) is 10.2 Å². The van der Waals surface area contributed by atoms with Crippen LogP contribution in [0.2, 0.25) is 0 Å². The lowest BCUT2D eigenvalue weighted by atomic mass is 10.2. The smallest absolute Gasteiger partial charge is 0.267 e. The number of hydrogen-bond donors (Lipinski definition) is 2. The van der Waals surface area contributed by atoms with Crippen molar-refractivity contribution in [1.82, 2.24) is 4.90 Å². The number of ether oxygens (including phenoxy) is 1. The van der Waals surface area contributed by atoms with Crippen LogP contribution in [0.5, 0.6) is 17.2 Å². The summed E-state index contributed by atoms with van der Waals surface area (Å²) in [6, 6.07) is 11.7. The Morgan fingerprint density at radius 3 is 2.76 bits per heavy atom. The first-order valence-electron chi connectivity index (χ1n) is 9.75. The molecule has 0 spiro atoms. The Labute approximate surface area is 215 Å². The van der Waals surface area contributed by atoms with E-state index in [-0.39, 0.29) is 24.0 Å². The molecule has 8 nitrogen and oxygen atoms in total. The number of benzene rings is 2. The van der Waals surface area contributed by atoms with Gasteiger partial charge in [0.25, 0.3) is 5.91 Å². The number of rotatable bonds is 6. The van der Waals surface area contributed by atoms with E-state index in [9.17, 15) is 15.0 Å². The number of carbonyl (C=O) groups is 1. The number of hydrogen-bond acceptors (Lipinski definition) is 8. The van der Waals surface area contributed by atoms with Gasteiger partial charge in [0.1, 0.15) is 11.5 Å². The molecule has 4 rings (SSSR count). The highest BCUT2D eigenvalue weighted by atomic mass is 79.9. The molecule has 3 aromatic rings. The van der Waals surface area contributed by atoms with Gasteiger partial charge < -0.3 is 19.4 Å². The molecule has 2 aromatic carbocycles. The Kier molecular flexibility index (Phi) is 7.44. The molecule has 0 radical (unpaired) electrons. The SMILES string of the molecule is COc1cc(/C=C2\S/C(=N/N=C\c3cc(Br)cc(Br)c3O)N(Cc3ccco3)C2=O)ccc1O. The minimum Gasteiger partial charge on any atom is -0.506 e. The number of phenols is 2. The number of phenolic OH excluding ortho intramolecular Hbond substituents is 2. The molecule has 0 unspecified atom stereocenters. The van der Waals surface area contributed by atoms with E-state index in [1.807, 2.05) is 0 Å². The summed E-state index contributed by atoms with van der Waals surface area (Å²) in [6.45, 7) is 0.178. The van der Waals surface area contributed by atoms with Gasteiger partial charge in [-0.05, 0) is 75.7 Å². The van der Waals surface area contributed by atoms with Gasteiger partial charge in [0.05, 0.1) is 35.5 Å². The minimum absolute atomic E-state index is 0.00789. The molecular weight excluding hydrogens is 590 g/mol. The van der Waals surface area contributed by atoms with Crippen LogP contribution in [0.3, 0.4) is 0 Å². The van der Waals surface area contributed by atoms with Gasteiger partial charge in [0.15, 0.2) is 16.7 Å². The molecule has 0 atom stereocenters. The van der Waals surface area contributed by atoms with Gasteiger partial charge in [-0.1, -0.05) is 22.0 Å². The number of nitrogens with zero attached hydrogens (tertiary/aromatic N) is 3. The molecule has 1 amide bonds. The van der Waals surface area contributed by atoms with Crippen LogP contribution in [0, 0.1) is 0 Å². The van der Waals surface area contributed by atoms with E-state index in [1.54, 1.807) is 42.5 Å². The molecular formula is C23H17Br2N3O5S. The van der Waals surface area contributed by atoms with Crippen molar-refractivity contribution in [2.45, 2.75) is 6.54 Å². The molecule has 1 fully saturated rings. The van der Waals surface area contributed by atoms with E-state index in [2.05, 4.69) is 42.1 Å². The van der Waals surface area contributed by atoms with Crippen LogP contribution in [0.1, 0.15) is 16.9 Å². The van der Waals surface area contributed by atoms with Crippen LogP contribution < -0.4 is 4.74 Å². The van der Waals surface area contributed by atoms with Gasteiger partial charge in [0.2, 0.25) is 0 Å². The highest BCUT2D eigenvalue weighted by Gasteiger charge is 2.34. The van der Waals surface area contributed by atoms with E-state index in [4.69, 9.17) is 9.15 Å².